The smallest absolute Gasteiger partial charge is 0.233 e. The molecule has 0 aromatic rings. The Labute approximate surface area is 91.8 Å². The highest BCUT2D eigenvalue weighted by atomic mass is 16.5. The molecule has 4 heteroatoms. The second-order valence-corrected chi connectivity index (χ2v) is 5.28. The number of hydrogen-bond donors (Lipinski definition) is 2. The molecule has 1 unspecified atom stereocenters. The fourth-order valence-electron chi connectivity index (χ4n) is 2.18. The minimum absolute atomic E-state index is 0.00973. The number of hydrogen-bond acceptors (Lipinski definition) is 3. The first-order chi connectivity index (χ1) is 6.77. The van der Waals surface area contributed by atoms with Crippen LogP contribution < -0.4 is 10.6 Å². The number of carbonyl (C=O) groups excluding carboxylic acids is 1. The Morgan fingerprint density at radius 2 is 2.00 bits per heavy atom. The monoisotopic (exact) mass is 214 g/mol. The lowest BCUT2D eigenvalue weighted by molar-refractivity contribution is -0.120. The van der Waals surface area contributed by atoms with Gasteiger partial charge in [0.05, 0.1) is 17.7 Å². The number of likely N-dealkylation sites (N-methyl/N-ethyl adjacent to an activating group) is 1. The second-order valence-electron chi connectivity index (χ2n) is 5.28. The predicted molar refractivity (Wildman–Crippen MR) is 59.7 cm³/mol. The Hall–Kier alpha value is -0.610. The van der Waals surface area contributed by atoms with Gasteiger partial charge in [-0.3, -0.25) is 4.79 Å². The van der Waals surface area contributed by atoms with E-state index in [1.165, 1.54) is 0 Å². The number of carbonyl (C=O) groups is 1. The number of amides is 1. The second kappa shape index (κ2) is 4.10. The fourth-order valence-corrected chi connectivity index (χ4v) is 2.18. The molecular weight excluding hydrogens is 192 g/mol. The third kappa shape index (κ3) is 3.18. The van der Waals surface area contributed by atoms with E-state index in [0.717, 1.165) is 6.42 Å². The van der Waals surface area contributed by atoms with Gasteiger partial charge in [-0.25, -0.2) is 0 Å². The summed E-state index contributed by atoms with van der Waals surface area (Å²) in [6.45, 7) is 8.63. The highest BCUT2D eigenvalue weighted by Gasteiger charge is 2.45. The molecule has 0 saturated carbocycles. The summed E-state index contributed by atoms with van der Waals surface area (Å²) in [6, 6.07) is 0.227. The first-order valence-electron chi connectivity index (χ1n) is 5.41. The molecule has 1 aliphatic rings. The molecule has 1 rings (SSSR count). The van der Waals surface area contributed by atoms with Crippen LogP contribution in [-0.4, -0.2) is 36.7 Å². The molecular formula is C11H22N2O2. The van der Waals surface area contributed by atoms with E-state index in [4.69, 9.17) is 4.74 Å². The summed E-state index contributed by atoms with van der Waals surface area (Å²) >= 11 is 0. The first-order valence-corrected chi connectivity index (χ1v) is 5.41. The molecule has 0 aromatic heterocycles. The van der Waals surface area contributed by atoms with Crippen molar-refractivity contribution in [2.24, 2.45) is 0 Å². The topological polar surface area (TPSA) is 50.4 Å². The lowest BCUT2D eigenvalue weighted by Gasteiger charge is -2.27. The molecule has 1 amide bonds. The van der Waals surface area contributed by atoms with Gasteiger partial charge < -0.3 is 15.4 Å². The zero-order valence-corrected chi connectivity index (χ0v) is 10.3. The van der Waals surface area contributed by atoms with Gasteiger partial charge in [0.2, 0.25) is 5.91 Å². The lowest BCUT2D eigenvalue weighted by Crippen LogP contribution is -2.46. The first kappa shape index (κ1) is 12.5. The molecule has 0 radical (unpaired) electrons. The van der Waals surface area contributed by atoms with Crippen molar-refractivity contribution in [2.45, 2.75) is 51.4 Å². The average molecular weight is 214 g/mol. The van der Waals surface area contributed by atoms with Crippen molar-refractivity contribution in [1.29, 1.82) is 0 Å². The van der Waals surface area contributed by atoms with Crippen LogP contribution in [0.2, 0.25) is 0 Å². The molecule has 1 aliphatic heterocycles. The van der Waals surface area contributed by atoms with Gasteiger partial charge in [-0.2, -0.15) is 0 Å². The largest absolute Gasteiger partial charge is 0.368 e. The van der Waals surface area contributed by atoms with E-state index in [0.29, 0.717) is 6.54 Å². The van der Waals surface area contributed by atoms with E-state index in [1.807, 2.05) is 0 Å². The van der Waals surface area contributed by atoms with Crippen molar-refractivity contribution in [1.82, 2.24) is 10.6 Å². The van der Waals surface area contributed by atoms with Crippen LogP contribution in [-0.2, 0) is 9.53 Å². The van der Waals surface area contributed by atoms with Crippen LogP contribution in [0.5, 0.6) is 0 Å². The summed E-state index contributed by atoms with van der Waals surface area (Å²) in [6.07, 6.45) is 0.928. The highest BCUT2D eigenvalue weighted by Crippen LogP contribution is 2.36. The van der Waals surface area contributed by atoms with Crippen LogP contribution in [0, 0.1) is 0 Å². The molecule has 88 valence electrons. The molecule has 0 spiro atoms. The van der Waals surface area contributed by atoms with Gasteiger partial charge in [-0.1, -0.05) is 0 Å². The molecule has 1 heterocycles. The van der Waals surface area contributed by atoms with Gasteiger partial charge in [0.25, 0.3) is 0 Å². The minimum atomic E-state index is -0.211. The SMILES string of the molecule is CNC(=O)CNC1CC(C)(C)OC1(C)C. The van der Waals surface area contributed by atoms with Gasteiger partial charge in [0.15, 0.2) is 0 Å². The van der Waals surface area contributed by atoms with Gasteiger partial charge >= 0.3 is 0 Å². The maximum absolute atomic E-state index is 11.1. The molecule has 0 bridgehead atoms. The Morgan fingerprint density at radius 1 is 1.40 bits per heavy atom. The minimum Gasteiger partial charge on any atom is -0.368 e. The summed E-state index contributed by atoms with van der Waals surface area (Å²) < 4.78 is 5.92. The van der Waals surface area contributed by atoms with Crippen molar-refractivity contribution < 1.29 is 9.53 Å². The molecule has 2 N–H and O–H groups in total. The zero-order valence-electron chi connectivity index (χ0n) is 10.3. The summed E-state index contributed by atoms with van der Waals surface area (Å²) in [4.78, 5) is 11.1. The van der Waals surface area contributed by atoms with Gasteiger partial charge in [-0.15, -0.1) is 0 Å². The number of rotatable bonds is 3. The lowest BCUT2D eigenvalue weighted by atomic mass is 9.94. The Morgan fingerprint density at radius 3 is 2.40 bits per heavy atom. The van der Waals surface area contributed by atoms with Gasteiger partial charge in [0, 0.05) is 13.1 Å². The normalized spacial score (nSPS) is 27.7. The van der Waals surface area contributed by atoms with Crippen LogP contribution in [0.3, 0.4) is 0 Å². The molecule has 0 aromatic carbocycles. The Balaban J connectivity index is 2.52. The van der Waals surface area contributed by atoms with Crippen molar-refractivity contribution in [3.05, 3.63) is 0 Å². The maximum Gasteiger partial charge on any atom is 0.233 e. The number of ether oxygens (including phenoxy) is 1. The van der Waals surface area contributed by atoms with Crippen molar-refractivity contribution in [3.63, 3.8) is 0 Å². The van der Waals surface area contributed by atoms with E-state index < -0.39 is 0 Å². The molecule has 0 aliphatic carbocycles. The zero-order chi connectivity index (χ0) is 11.7. The van der Waals surface area contributed by atoms with Crippen LogP contribution in [0.25, 0.3) is 0 Å². The molecule has 1 saturated heterocycles. The molecule has 1 atom stereocenters. The van der Waals surface area contributed by atoms with Crippen molar-refractivity contribution >= 4 is 5.91 Å². The van der Waals surface area contributed by atoms with Crippen molar-refractivity contribution in [2.75, 3.05) is 13.6 Å². The Bertz CT molecular complexity index is 249. The summed E-state index contributed by atoms with van der Waals surface area (Å²) in [5, 5.41) is 5.84. The van der Waals surface area contributed by atoms with Gasteiger partial charge in [0.1, 0.15) is 0 Å². The maximum atomic E-state index is 11.1. The van der Waals surface area contributed by atoms with Crippen LogP contribution >= 0.6 is 0 Å². The molecule has 15 heavy (non-hydrogen) atoms. The van der Waals surface area contributed by atoms with Crippen LogP contribution in [0.1, 0.15) is 34.1 Å². The summed E-state index contributed by atoms with van der Waals surface area (Å²) in [5.74, 6) is 0.00973. The van der Waals surface area contributed by atoms with Crippen LogP contribution in [0.15, 0.2) is 0 Å². The summed E-state index contributed by atoms with van der Waals surface area (Å²) in [5.41, 5.74) is -0.318. The van der Waals surface area contributed by atoms with E-state index >= 15 is 0 Å². The van der Waals surface area contributed by atoms with Gasteiger partial charge in [-0.05, 0) is 34.1 Å². The number of nitrogens with one attached hydrogen (secondary N) is 2. The third-order valence-corrected chi connectivity index (χ3v) is 2.86. The van der Waals surface area contributed by atoms with Crippen LogP contribution in [0.4, 0.5) is 0 Å². The third-order valence-electron chi connectivity index (χ3n) is 2.86. The van der Waals surface area contributed by atoms with Crippen molar-refractivity contribution in [3.8, 4) is 0 Å². The standard InChI is InChI=1S/C11H22N2O2/c1-10(2)6-8(11(3,4)15-10)13-7-9(14)12-5/h8,13H,6-7H2,1-5H3,(H,12,14). The van der Waals surface area contributed by atoms with E-state index in [1.54, 1.807) is 7.05 Å². The quantitative estimate of drug-likeness (QED) is 0.726. The highest BCUT2D eigenvalue weighted by molar-refractivity contribution is 5.77. The molecule has 4 nitrogen and oxygen atoms in total. The van der Waals surface area contributed by atoms with E-state index in [-0.39, 0.29) is 23.2 Å². The fraction of sp³-hybridized carbons (Fsp3) is 0.909. The average Bonchev–Trinajstić information content (AvgIpc) is 2.29. The van der Waals surface area contributed by atoms with E-state index in [2.05, 4.69) is 38.3 Å². The molecule has 1 fully saturated rings. The Kier molecular flexibility index (Phi) is 3.41. The van der Waals surface area contributed by atoms with E-state index in [9.17, 15) is 4.79 Å². The summed E-state index contributed by atoms with van der Waals surface area (Å²) in [7, 11) is 1.64. The predicted octanol–water partition coefficient (Wildman–Crippen LogP) is 0.668.